The van der Waals surface area contributed by atoms with E-state index in [0.717, 1.165) is 0 Å². The van der Waals surface area contributed by atoms with Gasteiger partial charge in [-0.15, -0.1) is 0 Å². The number of hydrogen-bond donors (Lipinski definition) is 2. The Balaban J connectivity index is 1.78. The first kappa shape index (κ1) is 26.5. The first-order valence-electron chi connectivity index (χ1n) is 12.6. The maximum absolute atomic E-state index is 14.3. The average Bonchev–Trinajstić information content (AvgIpc) is 3.26. The molecular weight excluding hydrogens is 497 g/mol. The zero-order valence-corrected chi connectivity index (χ0v) is 22.6. The molecule has 2 aromatic rings. The molecule has 1 aliphatic carbocycles. The number of nitrogens with one attached hydrogen (secondary N) is 2. The lowest BCUT2D eigenvalue weighted by Gasteiger charge is -2.46. The second-order valence-corrected chi connectivity index (χ2v) is 11.1. The molecule has 36 heavy (non-hydrogen) atoms. The summed E-state index contributed by atoms with van der Waals surface area (Å²) < 4.78 is 0. The monoisotopic (exact) mass is 529 g/mol. The molecule has 4 rings (SSSR count). The van der Waals surface area contributed by atoms with Crippen molar-refractivity contribution in [3.8, 4) is 0 Å². The maximum atomic E-state index is 14.3. The number of rotatable bonds is 7. The van der Waals surface area contributed by atoms with Gasteiger partial charge in [0.05, 0.1) is 10.0 Å². The van der Waals surface area contributed by atoms with Gasteiger partial charge in [-0.25, -0.2) is 0 Å². The predicted molar refractivity (Wildman–Crippen MR) is 142 cm³/mol. The Labute approximate surface area is 222 Å². The fourth-order valence-corrected chi connectivity index (χ4v) is 5.71. The summed E-state index contributed by atoms with van der Waals surface area (Å²) in [4.78, 5) is 43.0. The molecule has 2 aliphatic rings. The van der Waals surface area contributed by atoms with Crippen molar-refractivity contribution in [1.82, 2.24) is 15.5 Å². The van der Waals surface area contributed by atoms with Crippen LogP contribution in [0.5, 0.6) is 0 Å². The fourth-order valence-electron chi connectivity index (χ4n) is 5.40. The summed E-state index contributed by atoms with van der Waals surface area (Å²) in [7, 11) is 0. The van der Waals surface area contributed by atoms with E-state index in [1.165, 1.54) is 16.0 Å². The minimum absolute atomic E-state index is 0.0816. The van der Waals surface area contributed by atoms with Crippen molar-refractivity contribution in [1.29, 1.82) is 0 Å². The fraction of sp³-hybridized carbons (Fsp3) is 0.464. The van der Waals surface area contributed by atoms with E-state index in [0.29, 0.717) is 29.8 Å². The van der Waals surface area contributed by atoms with E-state index in [9.17, 15) is 14.4 Å². The van der Waals surface area contributed by atoms with Crippen molar-refractivity contribution >= 4 is 40.9 Å². The first-order chi connectivity index (χ1) is 17.1. The van der Waals surface area contributed by atoms with E-state index in [1.807, 2.05) is 39.8 Å². The quantitative estimate of drug-likeness (QED) is 0.544. The van der Waals surface area contributed by atoms with Crippen LogP contribution in [0.1, 0.15) is 56.8 Å². The van der Waals surface area contributed by atoms with E-state index in [4.69, 9.17) is 23.2 Å². The number of carbonyl (C=O) groups excluding carboxylic acids is 3. The van der Waals surface area contributed by atoms with Crippen LogP contribution < -0.4 is 10.6 Å². The van der Waals surface area contributed by atoms with E-state index in [1.54, 1.807) is 18.2 Å². The molecule has 0 aromatic heterocycles. The van der Waals surface area contributed by atoms with Crippen LogP contribution in [0.2, 0.25) is 10.0 Å². The lowest BCUT2D eigenvalue weighted by Crippen LogP contribution is -2.68. The number of carbonyl (C=O) groups is 3. The highest BCUT2D eigenvalue weighted by Gasteiger charge is 2.50. The molecule has 1 fully saturated rings. The molecule has 0 saturated carbocycles. The zero-order valence-electron chi connectivity index (χ0n) is 21.1. The molecule has 6 nitrogen and oxygen atoms in total. The van der Waals surface area contributed by atoms with Gasteiger partial charge in [0, 0.05) is 6.04 Å². The lowest BCUT2D eigenvalue weighted by molar-refractivity contribution is -0.159. The van der Waals surface area contributed by atoms with E-state index in [2.05, 4.69) is 22.8 Å². The summed E-state index contributed by atoms with van der Waals surface area (Å²) in [6.45, 7) is 7.63. The number of piperazine rings is 1. The molecular formula is C28H33Cl2N3O3. The number of amides is 3. The van der Waals surface area contributed by atoms with E-state index < -0.39 is 18.1 Å². The standard InChI is InChI=1S/C28H33Cl2N3O3/c1-5-16(4)24-26(34)32-23(20-12-17-8-6-7-9-18(17)13-20)28(36)33(24)25(27(35)31-15(2)3)19-10-11-21(29)22(30)14-19/h6-11,14-16,20,23-25H,5,12-13H2,1-4H3,(H,31,35)(H,32,34)/t16-,23+,24+,25+/m0/s1. The Morgan fingerprint density at radius 3 is 2.25 bits per heavy atom. The van der Waals surface area contributed by atoms with Crippen molar-refractivity contribution in [3.63, 3.8) is 0 Å². The van der Waals surface area contributed by atoms with Gasteiger partial charge in [0.15, 0.2) is 0 Å². The molecule has 1 aliphatic heterocycles. The van der Waals surface area contributed by atoms with Gasteiger partial charge in [0.1, 0.15) is 18.1 Å². The summed E-state index contributed by atoms with van der Waals surface area (Å²) in [6, 6.07) is 10.4. The molecule has 0 bridgehead atoms. The van der Waals surface area contributed by atoms with Gasteiger partial charge in [-0.2, -0.15) is 0 Å². The van der Waals surface area contributed by atoms with Crippen molar-refractivity contribution in [2.24, 2.45) is 11.8 Å². The summed E-state index contributed by atoms with van der Waals surface area (Å²) in [5.74, 6) is -1.07. The van der Waals surface area contributed by atoms with Crippen LogP contribution >= 0.6 is 23.2 Å². The van der Waals surface area contributed by atoms with Crippen LogP contribution in [0.25, 0.3) is 0 Å². The molecule has 8 heteroatoms. The molecule has 2 N–H and O–H groups in total. The van der Waals surface area contributed by atoms with Crippen LogP contribution in [0.3, 0.4) is 0 Å². The Kier molecular flexibility index (Phi) is 7.96. The second kappa shape index (κ2) is 10.8. The normalized spacial score (nSPS) is 21.8. The van der Waals surface area contributed by atoms with Gasteiger partial charge in [-0.3, -0.25) is 14.4 Å². The van der Waals surface area contributed by atoms with Crippen molar-refractivity contribution in [2.75, 3.05) is 0 Å². The molecule has 2 aromatic carbocycles. The molecule has 0 spiro atoms. The highest BCUT2D eigenvalue weighted by Crippen LogP contribution is 2.37. The summed E-state index contributed by atoms with van der Waals surface area (Å²) >= 11 is 12.5. The molecule has 1 heterocycles. The minimum atomic E-state index is -1.02. The number of nitrogens with zero attached hydrogens (tertiary/aromatic N) is 1. The van der Waals surface area contributed by atoms with Gasteiger partial charge in [-0.1, -0.05) is 73.8 Å². The molecule has 4 atom stereocenters. The van der Waals surface area contributed by atoms with E-state index >= 15 is 0 Å². The summed E-state index contributed by atoms with van der Waals surface area (Å²) in [6.07, 6.45) is 2.07. The molecule has 1 saturated heterocycles. The second-order valence-electron chi connectivity index (χ2n) is 10.2. The molecule has 0 unspecified atom stereocenters. The third kappa shape index (κ3) is 5.12. The van der Waals surface area contributed by atoms with Crippen LogP contribution in [0, 0.1) is 11.8 Å². The Morgan fingerprint density at radius 1 is 1.06 bits per heavy atom. The number of benzene rings is 2. The van der Waals surface area contributed by atoms with Crippen LogP contribution in [-0.2, 0) is 27.2 Å². The largest absolute Gasteiger partial charge is 0.352 e. The van der Waals surface area contributed by atoms with Crippen molar-refractivity contribution in [3.05, 3.63) is 69.2 Å². The molecule has 192 valence electrons. The van der Waals surface area contributed by atoms with Crippen molar-refractivity contribution in [2.45, 2.75) is 71.1 Å². The van der Waals surface area contributed by atoms with Gasteiger partial charge >= 0.3 is 0 Å². The highest BCUT2D eigenvalue weighted by atomic mass is 35.5. The Bertz CT molecular complexity index is 1140. The SMILES string of the molecule is CC[C@H](C)[C@@H]1C(=O)N[C@H](C2Cc3ccccc3C2)C(=O)N1[C@@H](C(=O)NC(C)C)c1ccc(Cl)c(Cl)c1. The number of halogens is 2. The van der Waals surface area contributed by atoms with Crippen LogP contribution in [0.15, 0.2) is 42.5 Å². The van der Waals surface area contributed by atoms with E-state index in [-0.39, 0.29) is 40.6 Å². The number of hydrogen-bond acceptors (Lipinski definition) is 3. The summed E-state index contributed by atoms with van der Waals surface area (Å²) in [5, 5.41) is 6.62. The lowest BCUT2D eigenvalue weighted by atomic mass is 9.86. The summed E-state index contributed by atoms with van der Waals surface area (Å²) in [5.41, 5.74) is 2.91. The molecule has 3 amide bonds. The average molecular weight is 530 g/mol. The highest BCUT2D eigenvalue weighted by molar-refractivity contribution is 6.42. The Hall–Kier alpha value is -2.57. The first-order valence-corrected chi connectivity index (χ1v) is 13.3. The predicted octanol–water partition coefficient (Wildman–Crippen LogP) is 4.72. The maximum Gasteiger partial charge on any atom is 0.247 e. The minimum Gasteiger partial charge on any atom is -0.352 e. The van der Waals surface area contributed by atoms with Crippen molar-refractivity contribution < 1.29 is 14.4 Å². The zero-order chi connectivity index (χ0) is 26.1. The van der Waals surface area contributed by atoms with Gasteiger partial charge in [0.2, 0.25) is 17.7 Å². The van der Waals surface area contributed by atoms with Crippen LogP contribution in [-0.4, -0.2) is 40.7 Å². The van der Waals surface area contributed by atoms with Gasteiger partial charge < -0.3 is 15.5 Å². The third-order valence-corrected chi connectivity index (χ3v) is 8.08. The Morgan fingerprint density at radius 2 is 1.69 bits per heavy atom. The van der Waals surface area contributed by atoms with Gasteiger partial charge in [0.25, 0.3) is 0 Å². The third-order valence-electron chi connectivity index (χ3n) is 7.34. The van der Waals surface area contributed by atoms with Gasteiger partial charge in [-0.05, 0) is 67.3 Å². The molecule has 0 radical (unpaired) electrons. The van der Waals surface area contributed by atoms with Crippen LogP contribution in [0.4, 0.5) is 0 Å². The number of fused-ring (bicyclic) bond motifs is 1. The smallest absolute Gasteiger partial charge is 0.247 e. The topological polar surface area (TPSA) is 78.5 Å².